The summed E-state index contributed by atoms with van der Waals surface area (Å²) in [6, 6.07) is 0. The van der Waals surface area contributed by atoms with Gasteiger partial charge in [0.1, 0.15) is 6.61 Å². The number of phosphoric acid groups is 1. The number of esters is 2. The number of phosphoric ester groups is 1. The summed E-state index contributed by atoms with van der Waals surface area (Å²) in [5, 5.41) is 0. The molecule has 0 heterocycles. The van der Waals surface area contributed by atoms with E-state index in [2.05, 4.69) is 18.4 Å². The standard InChI is InChI=1S/C38H75O8P/c1-3-5-7-9-11-13-15-16-17-18-19-20-21-22-23-25-27-29-31-33-38(40)46-36(35-45-47(41,42)43)34-44-37(39)32-30-28-26-24-14-12-10-8-6-4-2/h36H,3-35H2,1-2H3,(H2,41,42,43)/t36-/m1/s1. The predicted molar refractivity (Wildman–Crippen MR) is 193 cm³/mol. The Morgan fingerprint density at radius 3 is 1.09 bits per heavy atom. The second-order valence-corrected chi connectivity index (χ2v) is 14.9. The molecule has 0 saturated heterocycles. The molecule has 0 aromatic carbocycles. The molecule has 0 fully saturated rings. The lowest BCUT2D eigenvalue weighted by Gasteiger charge is -2.18. The zero-order chi connectivity index (χ0) is 34.7. The molecule has 0 aliphatic heterocycles. The van der Waals surface area contributed by atoms with Crippen molar-refractivity contribution in [2.45, 2.75) is 219 Å². The molecule has 0 aliphatic rings. The molecule has 9 heteroatoms. The van der Waals surface area contributed by atoms with Crippen LogP contribution in [0.2, 0.25) is 0 Å². The van der Waals surface area contributed by atoms with Gasteiger partial charge in [-0.2, -0.15) is 0 Å². The van der Waals surface area contributed by atoms with Crippen LogP contribution in [0.15, 0.2) is 0 Å². The number of unbranched alkanes of at least 4 members (excludes halogenated alkanes) is 27. The second-order valence-electron chi connectivity index (χ2n) is 13.6. The Morgan fingerprint density at radius 2 is 0.766 bits per heavy atom. The van der Waals surface area contributed by atoms with E-state index in [1.807, 2.05) is 0 Å². The number of carbonyl (C=O) groups excluding carboxylic acids is 2. The summed E-state index contributed by atoms with van der Waals surface area (Å²) >= 11 is 0. The van der Waals surface area contributed by atoms with Gasteiger partial charge in [0, 0.05) is 12.8 Å². The first-order chi connectivity index (χ1) is 22.8. The summed E-state index contributed by atoms with van der Waals surface area (Å²) in [5.74, 6) is -0.873. The van der Waals surface area contributed by atoms with Crippen LogP contribution < -0.4 is 0 Å². The third kappa shape index (κ3) is 37.7. The summed E-state index contributed by atoms with van der Waals surface area (Å²) in [6.45, 7) is 3.69. The molecule has 0 spiro atoms. The first-order valence-electron chi connectivity index (χ1n) is 19.8. The predicted octanol–water partition coefficient (Wildman–Crippen LogP) is 11.7. The SMILES string of the molecule is CCCCCCCCCCCCCCCCCCCCCC(=O)O[C@H](COC(=O)CCCCCCCCCCCC)COP(=O)(O)O. The Balaban J connectivity index is 3.84. The van der Waals surface area contributed by atoms with Crippen molar-refractivity contribution in [1.29, 1.82) is 0 Å². The maximum Gasteiger partial charge on any atom is 0.469 e. The van der Waals surface area contributed by atoms with Gasteiger partial charge in [-0.1, -0.05) is 187 Å². The van der Waals surface area contributed by atoms with Gasteiger partial charge in [-0.05, 0) is 12.8 Å². The molecule has 8 nitrogen and oxygen atoms in total. The van der Waals surface area contributed by atoms with Gasteiger partial charge in [0.25, 0.3) is 0 Å². The Labute approximate surface area is 289 Å². The summed E-state index contributed by atoms with van der Waals surface area (Å²) in [7, 11) is -4.74. The van der Waals surface area contributed by atoms with Crippen molar-refractivity contribution in [2.75, 3.05) is 13.2 Å². The van der Waals surface area contributed by atoms with Crippen molar-refractivity contribution in [2.24, 2.45) is 0 Å². The largest absolute Gasteiger partial charge is 0.469 e. The highest BCUT2D eigenvalue weighted by Gasteiger charge is 2.22. The number of carbonyl (C=O) groups is 2. The van der Waals surface area contributed by atoms with Crippen LogP contribution in [0.5, 0.6) is 0 Å². The maximum atomic E-state index is 12.4. The Morgan fingerprint density at radius 1 is 0.468 bits per heavy atom. The molecule has 47 heavy (non-hydrogen) atoms. The third-order valence-corrected chi connectivity index (χ3v) is 9.36. The van der Waals surface area contributed by atoms with Gasteiger partial charge in [0.05, 0.1) is 6.61 Å². The van der Waals surface area contributed by atoms with Crippen LogP contribution in [0, 0.1) is 0 Å². The van der Waals surface area contributed by atoms with Crippen LogP contribution in [0.3, 0.4) is 0 Å². The number of hydrogen-bond acceptors (Lipinski definition) is 6. The van der Waals surface area contributed by atoms with Crippen LogP contribution in [0.1, 0.15) is 213 Å². The van der Waals surface area contributed by atoms with Crippen molar-refractivity contribution in [3.63, 3.8) is 0 Å². The van der Waals surface area contributed by atoms with E-state index < -0.39 is 32.5 Å². The minimum atomic E-state index is -4.74. The summed E-state index contributed by atoms with van der Waals surface area (Å²) in [4.78, 5) is 42.6. The van der Waals surface area contributed by atoms with Gasteiger partial charge in [-0.25, -0.2) is 4.57 Å². The van der Waals surface area contributed by atoms with Crippen molar-refractivity contribution in [1.82, 2.24) is 0 Å². The lowest BCUT2D eigenvalue weighted by Crippen LogP contribution is -2.29. The van der Waals surface area contributed by atoms with Crippen molar-refractivity contribution >= 4 is 19.8 Å². The fourth-order valence-corrected chi connectivity index (χ4v) is 6.26. The van der Waals surface area contributed by atoms with Crippen LogP contribution >= 0.6 is 7.82 Å². The molecular formula is C38H75O8P. The zero-order valence-electron chi connectivity index (χ0n) is 30.7. The van der Waals surface area contributed by atoms with Crippen LogP contribution in [0.25, 0.3) is 0 Å². The van der Waals surface area contributed by atoms with Gasteiger partial charge < -0.3 is 19.3 Å². The normalized spacial score (nSPS) is 12.3. The van der Waals surface area contributed by atoms with Crippen molar-refractivity contribution in [3.8, 4) is 0 Å². The maximum absolute atomic E-state index is 12.4. The van der Waals surface area contributed by atoms with Gasteiger partial charge in [0.2, 0.25) is 0 Å². The molecule has 0 bridgehead atoms. The van der Waals surface area contributed by atoms with E-state index in [-0.39, 0.29) is 19.4 Å². The first kappa shape index (κ1) is 46.0. The quantitative estimate of drug-likeness (QED) is 0.0375. The van der Waals surface area contributed by atoms with Gasteiger partial charge in [0.15, 0.2) is 6.10 Å². The Hall–Kier alpha value is -0.950. The molecule has 0 saturated carbocycles. The minimum absolute atomic E-state index is 0.220. The average molecular weight is 691 g/mol. The van der Waals surface area contributed by atoms with E-state index in [9.17, 15) is 14.2 Å². The van der Waals surface area contributed by atoms with E-state index in [4.69, 9.17) is 19.3 Å². The van der Waals surface area contributed by atoms with Gasteiger partial charge >= 0.3 is 19.8 Å². The highest BCUT2D eigenvalue weighted by atomic mass is 31.2. The average Bonchev–Trinajstić information content (AvgIpc) is 3.04. The highest BCUT2D eigenvalue weighted by molar-refractivity contribution is 7.46. The smallest absolute Gasteiger partial charge is 0.462 e. The van der Waals surface area contributed by atoms with Gasteiger partial charge in [-0.3, -0.25) is 14.1 Å². The summed E-state index contributed by atoms with van der Waals surface area (Å²) in [6.07, 6.45) is 35.5. The molecule has 0 radical (unpaired) electrons. The third-order valence-electron chi connectivity index (χ3n) is 8.88. The zero-order valence-corrected chi connectivity index (χ0v) is 31.6. The number of rotatable bonds is 37. The fraction of sp³-hybridized carbons (Fsp3) is 0.947. The molecule has 0 aromatic heterocycles. The Kier molecular flexibility index (Phi) is 34.2. The molecule has 0 amide bonds. The van der Waals surface area contributed by atoms with E-state index in [0.717, 1.165) is 32.1 Å². The van der Waals surface area contributed by atoms with Gasteiger partial charge in [-0.15, -0.1) is 0 Å². The van der Waals surface area contributed by atoms with E-state index in [0.29, 0.717) is 6.42 Å². The van der Waals surface area contributed by atoms with Crippen LogP contribution in [0.4, 0.5) is 0 Å². The molecule has 2 N–H and O–H groups in total. The molecule has 0 aromatic rings. The van der Waals surface area contributed by atoms with Crippen LogP contribution in [-0.2, 0) is 28.2 Å². The number of ether oxygens (including phenoxy) is 2. The van der Waals surface area contributed by atoms with E-state index in [1.54, 1.807) is 0 Å². The molecule has 280 valence electrons. The first-order valence-corrected chi connectivity index (χ1v) is 21.4. The van der Waals surface area contributed by atoms with E-state index in [1.165, 1.54) is 148 Å². The molecular weight excluding hydrogens is 615 g/mol. The van der Waals surface area contributed by atoms with Crippen LogP contribution in [-0.4, -0.2) is 41.0 Å². The monoisotopic (exact) mass is 691 g/mol. The second kappa shape index (κ2) is 34.9. The molecule has 0 rings (SSSR count). The van der Waals surface area contributed by atoms with Crippen molar-refractivity contribution in [3.05, 3.63) is 0 Å². The fourth-order valence-electron chi connectivity index (χ4n) is 5.90. The molecule has 1 atom stereocenters. The van der Waals surface area contributed by atoms with E-state index >= 15 is 0 Å². The highest BCUT2D eigenvalue weighted by Crippen LogP contribution is 2.36. The molecule has 0 aliphatic carbocycles. The topological polar surface area (TPSA) is 119 Å². The minimum Gasteiger partial charge on any atom is -0.462 e. The lowest BCUT2D eigenvalue weighted by molar-refractivity contribution is -0.161. The van der Waals surface area contributed by atoms with Crippen molar-refractivity contribution < 1.29 is 37.9 Å². The summed E-state index contributed by atoms with van der Waals surface area (Å²) < 4.78 is 26.3. The number of hydrogen-bond donors (Lipinski definition) is 2. The summed E-state index contributed by atoms with van der Waals surface area (Å²) in [5.41, 5.74) is 0. The molecule has 0 unspecified atom stereocenters. The lowest BCUT2D eigenvalue weighted by atomic mass is 10.0. The Bertz CT molecular complexity index is 741.